The summed E-state index contributed by atoms with van der Waals surface area (Å²) >= 11 is 7.92. The number of halogens is 1. The van der Waals surface area contributed by atoms with Gasteiger partial charge < -0.3 is 9.73 Å². The van der Waals surface area contributed by atoms with Gasteiger partial charge in [0.05, 0.1) is 11.2 Å². The number of oxazole rings is 1. The highest BCUT2D eigenvalue weighted by Gasteiger charge is 2.11. The number of rotatable bonds is 8. The van der Waals surface area contributed by atoms with E-state index in [0.717, 1.165) is 21.9 Å². The van der Waals surface area contributed by atoms with E-state index in [1.54, 1.807) is 30.2 Å². The molecule has 31 heavy (non-hydrogen) atoms. The molecule has 7 heteroatoms. The summed E-state index contributed by atoms with van der Waals surface area (Å²) in [7, 11) is 0. The summed E-state index contributed by atoms with van der Waals surface area (Å²) in [4.78, 5) is 21.8. The van der Waals surface area contributed by atoms with Crippen LogP contribution in [0, 0.1) is 0 Å². The second-order valence-corrected chi connectivity index (χ2v) is 8.28. The fraction of sp³-hybridized carbons (Fsp3) is 0.125. The highest BCUT2D eigenvalue weighted by atomic mass is 35.5. The minimum absolute atomic E-state index is 0.0896. The first kappa shape index (κ1) is 21.2. The number of carbonyl (C=O) groups is 1. The van der Waals surface area contributed by atoms with Gasteiger partial charge in [0, 0.05) is 47.1 Å². The third-order valence-electron chi connectivity index (χ3n) is 4.53. The minimum Gasteiger partial charge on any atom is -0.441 e. The second kappa shape index (κ2) is 10.3. The Balaban J connectivity index is 1.26. The number of pyridine rings is 1. The van der Waals surface area contributed by atoms with Gasteiger partial charge in [-0.25, -0.2) is 4.98 Å². The SMILES string of the molecule is O=C(CCc1ncc(-c2ccccc2Cl)o1)Nc1ccc(SCc2cccnc2)cc1. The molecule has 1 amide bonds. The largest absolute Gasteiger partial charge is 0.441 e. The Labute approximate surface area is 189 Å². The van der Waals surface area contributed by atoms with E-state index >= 15 is 0 Å². The molecule has 0 radical (unpaired) electrons. The van der Waals surface area contributed by atoms with Crippen LogP contribution in [-0.4, -0.2) is 15.9 Å². The van der Waals surface area contributed by atoms with Crippen LogP contribution < -0.4 is 5.32 Å². The first-order valence-corrected chi connectivity index (χ1v) is 11.1. The zero-order valence-corrected chi connectivity index (χ0v) is 18.2. The van der Waals surface area contributed by atoms with Crippen LogP contribution in [0.15, 0.2) is 88.6 Å². The Morgan fingerprint density at radius 3 is 2.65 bits per heavy atom. The molecule has 2 aromatic heterocycles. The summed E-state index contributed by atoms with van der Waals surface area (Å²) < 4.78 is 5.75. The summed E-state index contributed by atoms with van der Waals surface area (Å²) in [6.45, 7) is 0. The van der Waals surface area contributed by atoms with Crippen LogP contribution in [0.25, 0.3) is 11.3 Å². The molecular weight excluding hydrogens is 430 g/mol. The molecule has 4 aromatic rings. The maximum absolute atomic E-state index is 12.3. The molecule has 0 aliphatic carbocycles. The van der Waals surface area contributed by atoms with Crippen LogP contribution in [0.1, 0.15) is 17.9 Å². The lowest BCUT2D eigenvalue weighted by molar-refractivity contribution is -0.116. The summed E-state index contributed by atoms with van der Waals surface area (Å²) in [6, 6.07) is 19.2. The summed E-state index contributed by atoms with van der Waals surface area (Å²) in [5.74, 6) is 1.87. The molecule has 0 atom stereocenters. The van der Waals surface area contributed by atoms with Crippen LogP contribution in [0.5, 0.6) is 0 Å². The van der Waals surface area contributed by atoms with Gasteiger partial charge in [-0.3, -0.25) is 9.78 Å². The maximum Gasteiger partial charge on any atom is 0.224 e. The standard InChI is InChI=1S/C24H20ClN3O2S/c25-21-6-2-1-5-20(21)22-15-27-24(30-22)12-11-23(29)28-18-7-9-19(10-8-18)31-16-17-4-3-13-26-14-17/h1-10,13-15H,11-12,16H2,(H,28,29). The Morgan fingerprint density at radius 2 is 1.87 bits per heavy atom. The minimum atomic E-state index is -0.0896. The first-order chi connectivity index (χ1) is 15.2. The summed E-state index contributed by atoms with van der Waals surface area (Å²) in [5, 5.41) is 3.51. The molecule has 0 spiro atoms. The van der Waals surface area contributed by atoms with Gasteiger partial charge >= 0.3 is 0 Å². The van der Waals surface area contributed by atoms with Crippen LogP contribution >= 0.6 is 23.4 Å². The van der Waals surface area contributed by atoms with E-state index in [0.29, 0.717) is 23.1 Å². The van der Waals surface area contributed by atoms with Gasteiger partial charge in [0.1, 0.15) is 0 Å². The Hall–Kier alpha value is -3.09. The third-order valence-corrected chi connectivity index (χ3v) is 5.94. The molecular formula is C24H20ClN3O2S. The van der Waals surface area contributed by atoms with Crippen molar-refractivity contribution in [2.24, 2.45) is 0 Å². The van der Waals surface area contributed by atoms with Crippen molar-refractivity contribution in [3.8, 4) is 11.3 Å². The van der Waals surface area contributed by atoms with Crippen molar-refractivity contribution in [2.75, 3.05) is 5.32 Å². The van der Waals surface area contributed by atoms with Crippen molar-refractivity contribution < 1.29 is 9.21 Å². The molecule has 4 rings (SSSR count). The number of nitrogens with zero attached hydrogens (tertiary/aromatic N) is 2. The quantitative estimate of drug-likeness (QED) is 0.322. The molecule has 0 bridgehead atoms. The molecule has 0 aliphatic rings. The van der Waals surface area contributed by atoms with Crippen LogP contribution in [-0.2, 0) is 17.0 Å². The van der Waals surface area contributed by atoms with Gasteiger partial charge in [0.25, 0.3) is 0 Å². The van der Waals surface area contributed by atoms with E-state index in [-0.39, 0.29) is 12.3 Å². The molecule has 2 heterocycles. The number of thioether (sulfide) groups is 1. The molecule has 2 aromatic carbocycles. The zero-order valence-electron chi connectivity index (χ0n) is 16.6. The monoisotopic (exact) mass is 449 g/mol. The van der Waals surface area contributed by atoms with Crippen molar-refractivity contribution in [1.82, 2.24) is 9.97 Å². The lowest BCUT2D eigenvalue weighted by Crippen LogP contribution is -2.12. The average Bonchev–Trinajstić information content (AvgIpc) is 3.27. The fourth-order valence-corrected chi connectivity index (χ4v) is 4.00. The molecule has 0 saturated carbocycles. The number of hydrogen-bond acceptors (Lipinski definition) is 5. The zero-order chi connectivity index (χ0) is 21.5. The number of aromatic nitrogens is 2. The predicted octanol–water partition coefficient (Wildman–Crippen LogP) is 6.25. The lowest BCUT2D eigenvalue weighted by Gasteiger charge is -2.06. The van der Waals surface area contributed by atoms with E-state index in [2.05, 4.69) is 21.4 Å². The number of amides is 1. The molecule has 156 valence electrons. The molecule has 0 unspecified atom stereocenters. The van der Waals surface area contributed by atoms with Crippen molar-refractivity contribution in [3.05, 3.63) is 95.7 Å². The van der Waals surface area contributed by atoms with Gasteiger partial charge in [0.15, 0.2) is 11.7 Å². The van der Waals surface area contributed by atoms with E-state index in [1.807, 2.05) is 54.7 Å². The lowest BCUT2D eigenvalue weighted by atomic mass is 10.2. The Bertz CT molecular complexity index is 1150. The van der Waals surface area contributed by atoms with E-state index in [1.165, 1.54) is 5.56 Å². The van der Waals surface area contributed by atoms with Crippen LogP contribution in [0.4, 0.5) is 5.69 Å². The van der Waals surface area contributed by atoms with Crippen molar-refractivity contribution in [3.63, 3.8) is 0 Å². The Morgan fingerprint density at radius 1 is 1.03 bits per heavy atom. The van der Waals surface area contributed by atoms with E-state index in [4.69, 9.17) is 16.0 Å². The van der Waals surface area contributed by atoms with Crippen LogP contribution in [0.3, 0.4) is 0 Å². The number of anilines is 1. The summed E-state index contributed by atoms with van der Waals surface area (Å²) in [6.07, 6.45) is 5.96. The highest BCUT2D eigenvalue weighted by Crippen LogP contribution is 2.28. The average molecular weight is 450 g/mol. The van der Waals surface area contributed by atoms with Gasteiger partial charge in [-0.2, -0.15) is 0 Å². The molecule has 0 saturated heterocycles. The number of benzene rings is 2. The predicted molar refractivity (Wildman–Crippen MR) is 124 cm³/mol. The normalized spacial score (nSPS) is 10.7. The van der Waals surface area contributed by atoms with Crippen molar-refractivity contribution >= 4 is 35.0 Å². The maximum atomic E-state index is 12.3. The highest BCUT2D eigenvalue weighted by molar-refractivity contribution is 7.98. The second-order valence-electron chi connectivity index (χ2n) is 6.82. The van der Waals surface area contributed by atoms with Crippen molar-refractivity contribution in [2.45, 2.75) is 23.5 Å². The van der Waals surface area contributed by atoms with Crippen LogP contribution in [0.2, 0.25) is 5.02 Å². The number of carbonyl (C=O) groups excluding carboxylic acids is 1. The Kier molecular flexibility index (Phi) is 7.02. The van der Waals surface area contributed by atoms with E-state index in [9.17, 15) is 4.79 Å². The van der Waals surface area contributed by atoms with Gasteiger partial charge in [0.2, 0.25) is 5.91 Å². The number of aryl methyl sites for hydroxylation is 1. The molecule has 0 aliphatic heterocycles. The smallest absolute Gasteiger partial charge is 0.224 e. The van der Waals surface area contributed by atoms with Gasteiger partial charge in [-0.1, -0.05) is 29.8 Å². The third kappa shape index (κ3) is 5.96. The van der Waals surface area contributed by atoms with Gasteiger partial charge in [-0.15, -0.1) is 11.8 Å². The number of nitrogens with one attached hydrogen (secondary N) is 1. The fourth-order valence-electron chi connectivity index (χ4n) is 2.94. The molecule has 0 fully saturated rings. The van der Waals surface area contributed by atoms with E-state index < -0.39 is 0 Å². The van der Waals surface area contributed by atoms with Crippen molar-refractivity contribution in [1.29, 1.82) is 0 Å². The number of hydrogen-bond donors (Lipinski definition) is 1. The first-order valence-electron chi connectivity index (χ1n) is 9.78. The molecule has 1 N–H and O–H groups in total. The molecule has 5 nitrogen and oxygen atoms in total. The topological polar surface area (TPSA) is 68.0 Å². The van der Waals surface area contributed by atoms with Gasteiger partial charge in [-0.05, 0) is 48.0 Å². The summed E-state index contributed by atoms with van der Waals surface area (Å²) in [5.41, 5.74) is 2.72.